The summed E-state index contributed by atoms with van der Waals surface area (Å²) in [7, 11) is 0. The van der Waals surface area contributed by atoms with Crippen LogP contribution in [-0.4, -0.2) is 39.1 Å². The molecule has 44 heavy (non-hydrogen) atoms. The van der Waals surface area contributed by atoms with Crippen LogP contribution in [0.2, 0.25) is 5.02 Å². The highest BCUT2D eigenvalue weighted by atomic mass is 35.5. The molecule has 2 aliphatic rings. The van der Waals surface area contributed by atoms with Gasteiger partial charge in [-0.05, 0) is 99.0 Å². The second kappa shape index (κ2) is 11.3. The second-order valence-corrected chi connectivity index (χ2v) is 13.7. The third kappa shape index (κ3) is 4.96. The van der Waals surface area contributed by atoms with E-state index < -0.39 is 5.41 Å². The van der Waals surface area contributed by atoms with Crippen molar-refractivity contribution >= 4 is 33.8 Å². The minimum atomic E-state index is -0.392. The van der Waals surface area contributed by atoms with Crippen molar-refractivity contribution in [2.75, 3.05) is 19.6 Å². The fourth-order valence-electron chi connectivity index (χ4n) is 6.65. The van der Waals surface area contributed by atoms with Crippen LogP contribution < -0.4 is 11.3 Å². The van der Waals surface area contributed by atoms with Crippen molar-refractivity contribution in [3.8, 4) is 28.0 Å². The molecule has 6 nitrogen and oxygen atoms in total. The number of nitrogens with two attached hydrogens (primary N) is 1. The summed E-state index contributed by atoms with van der Waals surface area (Å²) in [6, 6.07) is 20.8. The zero-order valence-corrected chi connectivity index (χ0v) is 26.7. The van der Waals surface area contributed by atoms with Gasteiger partial charge in [0.2, 0.25) is 0 Å². The van der Waals surface area contributed by atoms with Crippen molar-refractivity contribution in [3.05, 3.63) is 110 Å². The van der Waals surface area contributed by atoms with Crippen molar-refractivity contribution in [2.24, 2.45) is 5.73 Å². The summed E-state index contributed by atoms with van der Waals surface area (Å²) in [5.41, 5.74) is 14.7. The van der Waals surface area contributed by atoms with Gasteiger partial charge in [0.15, 0.2) is 0 Å². The lowest BCUT2D eigenvalue weighted by molar-refractivity contribution is 0.235. The number of likely N-dealkylation sites (tertiary alicyclic amines) is 1. The highest BCUT2D eigenvalue weighted by Crippen LogP contribution is 2.44. The molecule has 2 aromatic heterocycles. The van der Waals surface area contributed by atoms with Gasteiger partial charge in [0.1, 0.15) is 11.5 Å². The molecule has 7 rings (SSSR count). The van der Waals surface area contributed by atoms with Crippen LogP contribution in [0.25, 0.3) is 27.0 Å². The monoisotopic (exact) mass is 619 g/mol. The normalized spacial score (nSPS) is 16.8. The fourth-order valence-corrected chi connectivity index (χ4v) is 7.65. The van der Waals surface area contributed by atoms with E-state index in [2.05, 4.69) is 87.6 Å². The lowest BCUT2D eigenvalue weighted by Gasteiger charge is -2.31. The number of thiazole rings is 1. The maximum Gasteiger partial charge on any atom is 0.282 e. The minimum absolute atomic E-state index is 0.0193. The van der Waals surface area contributed by atoms with Crippen LogP contribution in [0, 0.1) is 11.8 Å². The third-order valence-corrected chi connectivity index (χ3v) is 10.4. The van der Waals surface area contributed by atoms with E-state index in [-0.39, 0.29) is 11.6 Å². The molecule has 1 atom stereocenters. The predicted molar refractivity (Wildman–Crippen MR) is 180 cm³/mol. The van der Waals surface area contributed by atoms with Crippen molar-refractivity contribution < 1.29 is 0 Å². The van der Waals surface area contributed by atoms with E-state index in [4.69, 9.17) is 17.3 Å². The number of hydrogen-bond acceptors (Lipinski definition) is 6. The van der Waals surface area contributed by atoms with Crippen molar-refractivity contribution in [1.82, 2.24) is 19.4 Å². The molecule has 4 heterocycles. The first-order chi connectivity index (χ1) is 21.2. The molecule has 0 aliphatic carbocycles. The average molecular weight is 620 g/mol. The summed E-state index contributed by atoms with van der Waals surface area (Å²) < 4.78 is 2.12. The summed E-state index contributed by atoms with van der Waals surface area (Å²) in [6.07, 6.45) is 2.16. The van der Waals surface area contributed by atoms with Gasteiger partial charge in [0.05, 0.1) is 44.0 Å². The van der Waals surface area contributed by atoms with Gasteiger partial charge < -0.3 is 5.73 Å². The van der Waals surface area contributed by atoms with Gasteiger partial charge in [-0.2, -0.15) is 4.98 Å². The number of fused-ring (bicyclic) bond motifs is 5. The second-order valence-electron chi connectivity index (χ2n) is 12.4. The molecule has 8 heteroatoms. The molecule has 0 unspecified atom stereocenters. The largest absolute Gasteiger partial charge is 0.324 e. The molecule has 0 spiro atoms. The smallest absolute Gasteiger partial charge is 0.282 e. The number of piperidine rings is 1. The first kappa shape index (κ1) is 28.9. The highest BCUT2D eigenvalue weighted by molar-refractivity contribution is 7.13. The van der Waals surface area contributed by atoms with Gasteiger partial charge >= 0.3 is 0 Å². The summed E-state index contributed by atoms with van der Waals surface area (Å²) >= 11 is 8.05. The Hall–Kier alpha value is -3.80. The standard InChI is InChI=1S/C36H34ClN5OS/c1-22(38)23-9-11-25(12-10-23)33-29(39-21-44-33)7-5-17-41-18-15-24(16-19-41)26-13-14-30-27(20-26)36(2,3)35-40-34(43)32-28(37)6-4-8-31(32)42(30)35/h4,6,8-14,20-22,24H,15-19,38H2,1-3H3/t22-/m0/s1. The molecule has 1 saturated heterocycles. The first-order valence-corrected chi connectivity index (χ1v) is 16.4. The molecule has 222 valence electrons. The Morgan fingerprint density at radius 2 is 1.89 bits per heavy atom. The number of aromatic nitrogens is 3. The van der Waals surface area contributed by atoms with Crippen molar-refractivity contribution in [3.63, 3.8) is 0 Å². The van der Waals surface area contributed by atoms with Gasteiger partial charge in [0, 0.05) is 6.04 Å². The number of halogens is 1. The van der Waals surface area contributed by atoms with E-state index in [1.807, 2.05) is 24.6 Å². The van der Waals surface area contributed by atoms with E-state index in [1.54, 1.807) is 17.4 Å². The summed E-state index contributed by atoms with van der Waals surface area (Å²) in [4.78, 5) is 25.6. The molecule has 0 amide bonds. The maximum absolute atomic E-state index is 13.0. The van der Waals surface area contributed by atoms with E-state index in [0.29, 0.717) is 16.3 Å². The third-order valence-electron chi connectivity index (χ3n) is 9.19. The molecule has 1 fully saturated rings. The zero-order valence-electron chi connectivity index (χ0n) is 25.1. The highest BCUT2D eigenvalue weighted by Gasteiger charge is 2.39. The first-order valence-electron chi connectivity index (χ1n) is 15.1. The number of nitrogens with zero attached hydrogens (tertiary/aromatic N) is 4. The van der Waals surface area contributed by atoms with Crippen LogP contribution in [0.15, 0.2) is 71.0 Å². The van der Waals surface area contributed by atoms with Gasteiger partial charge in [-0.1, -0.05) is 60.0 Å². The van der Waals surface area contributed by atoms with Crippen molar-refractivity contribution in [1.29, 1.82) is 0 Å². The molecule has 3 aromatic carbocycles. The Bertz CT molecular complexity index is 2010. The average Bonchev–Trinajstić information content (AvgIpc) is 3.57. The minimum Gasteiger partial charge on any atom is -0.324 e. The fraction of sp³-hybridized carbons (Fsp3) is 0.306. The Balaban J connectivity index is 1.05. The van der Waals surface area contributed by atoms with Crippen LogP contribution in [0.4, 0.5) is 0 Å². The topological polar surface area (TPSA) is 77.0 Å². The maximum atomic E-state index is 13.0. The van der Waals surface area contributed by atoms with Crippen LogP contribution in [0.1, 0.15) is 73.8 Å². The summed E-state index contributed by atoms with van der Waals surface area (Å²) in [6.45, 7) is 9.04. The van der Waals surface area contributed by atoms with Crippen LogP contribution in [0.5, 0.6) is 0 Å². The van der Waals surface area contributed by atoms with Crippen LogP contribution in [-0.2, 0) is 5.41 Å². The van der Waals surface area contributed by atoms with Crippen LogP contribution >= 0.6 is 22.9 Å². The van der Waals surface area contributed by atoms with Crippen molar-refractivity contribution in [2.45, 2.75) is 51.0 Å². The van der Waals surface area contributed by atoms with E-state index in [9.17, 15) is 4.79 Å². The van der Waals surface area contributed by atoms with E-state index in [0.717, 1.165) is 71.2 Å². The molecule has 0 bridgehead atoms. The molecule has 0 saturated carbocycles. The van der Waals surface area contributed by atoms with Gasteiger partial charge in [-0.3, -0.25) is 14.3 Å². The number of benzene rings is 3. The lowest BCUT2D eigenvalue weighted by atomic mass is 9.81. The molecule has 2 aliphatic heterocycles. The quantitative estimate of drug-likeness (QED) is 0.218. The Morgan fingerprint density at radius 3 is 2.64 bits per heavy atom. The SMILES string of the molecule is C[C@H](N)c1ccc(-c2scnc2C#CCN2CCC(c3ccc4c(c3)C(C)(C)c3nc(=O)c5c(Cl)cccc5n3-4)CC2)cc1. The molecular formula is C36H34ClN5OS. The zero-order chi connectivity index (χ0) is 30.6. The molecule has 2 N–H and O–H groups in total. The lowest BCUT2D eigenvalue weighted by Crippen LogP contribution is -2.33. The number of rotatable bonds is 4. The van der Waals surface area contributed by atoms with Gasteiger partial charge in [-0.15, -0.1) is 11.3 Å². The molecule has 0 radical (unpaired) electrons. The Labute approximate surface area is 266 Å². The van der Waals surface area contributed by atoms with Gasteiger partial charge in [0.25, 0.3) is 5.56 Å². The predicted octanol–water partition coefficient (Wildman–Crippen LogP) is 7.05. The summed E-state index contributed by atoms with van der Waals surface area (Å²) in [5, 5.41) is 0.914. The van der Waals surface area contributed by atoms with Crippen LogP contribution in [0.3, 0.4) is 0 Å². The Morgan fingerprint density at radius 1 is 1.11 bits per heavy atom. The van der Waals surface area contributed by atoms with E-state index in [1.165, 1.54) is 11.1 Å². The van der Waals surface area contributed by atoms with E-state index >= 15 is 0 Å². The molecular weight excluding hydrogens is 586 g/mol. The summed E-state index contributed by atoms with van der Waals surface area (Å²) in [5.74, 6) is 7.96. The number of hydrogen-bond donors (Lipinski definition) is 1. The Kier molecular flexibility index (Phi) is 7.42. The van der Waals surface area contributed by atoms with Gasteiger partial charge in [-0.25, -0.2) is 4.98 Å². The molecule has 5 aromatic rings.